The van der Waals surface area contributed by atoms with E-state index >= 15 is 0 Å². The predicted octanol–water partition coefficient (Wildman–Crippen LogP) is 3.65. The standard InChI is InChI=1S/C28H31N5O3/c1-3-18(2)30-28(36)21-7-8-25(23(14-21)31-27(35)20-9-11-29-12-10-20)32-15-19-13-22(17-32)24-5-4-6-26(34)33(24)16-19/h4-12,14,18-19,22H,3,13,15-17H2,1-2H3,(H,30,36)(H,31,35). The van der Waals surface area contributed by atoms with Crippen molar-refractivity contribution in [3.63, 3.8) is 0 Å². The SMILES string of the molecule is CCC(C)NC(=O)c1ccc(N2CC3CC(C2)c2cccc(=O)n2C3)c(NC(=O)c2ccncc2)c1. The number of anilines is 2. The van der Waals surface area contributed by atoms with E-state index in [9.17, 15) is 14.4 Å². The number of piperidine rings is 1. The maximum absolute atomic E-state index is 13.1. The Morgan fingerprint density at radius 3 is 2.61 bits per heavy atom. The molecule has 2 amide bonds. The minimum absolute atomic E-state index is 0.0528. The van der Waals surface area contributed by atoms with Gasteiger partial charge in [0.25, 0.3) is 17.4 Å². The molecule has 1 saturated heterocycles. The number of hydrogen-bond donors (Lipinski definition) is 2. The molecule has 3 aromatic rings. The summed E-state index contributed by atoms with van der Waals surface area (Å²) in [6, 6.07) is 14.4. The highest BCUT2D eigenvalue weighted by Gasteiger charge is 2.35. The molecule has 3 unspecified atom stereocenters. The Morgan fingerprint density at radius 2 is 1.83 bits per heavy atom. The molecule has 1 aromatic carbocycles. The summed E-state index contributed by atoms with van der Waals surface area (Å²) >= 11 is 0. The molecule has 2 bridgehead atoms. The number of nitrogens with zero attached hydrogens (tertiary/aromatic N) is 3. The fourth-order valence-electron chi connectivity index (χ4n) is 5.25. The molecule has 36 heavy (non-hydrogen) atoms. The van der Waals surface area contributed by atoms with Crippen molar-refractivity contribution in [2.45, 2.75) is 45.2 Å². The molecule has 2 aliphatic heterocycles. The van der Waals surface area contributed by atoms with Gasteiger partial charge in [0.2, 0.25) is 0 Å². The monoisotopic (exact) mass is 485 g/mol. The van der Waals surface area contributed by atoms with E-state index in [2.05, 4.69) is 20.5 Å². The molecule has 8 heteroatoms. The van der Waals surface area contributed by atoms with E-state index in [1.807, 2.05) is 42.7 Å². The number of nitrogens with one attached hydrogen (secondary N) is 2. The van der Waals surface area contributed by atoms with Gasteiger partial charge in [-0.1, -0.05) is 13.0 Å². The van der Waals surface area contributed by atoms with Crippen molar-refractivity contribution in [2.24, 2.45) is 5.92 Å². The average Bonchev–Trinajstić information content (AvgIpc) is 2.89. The predicted molar refractivity (Wildman–Crippen MR) is 140 cm³/mol. The molecule has 8 nitrogen and oxygen atoms in total. The minimum atomic E-state index is -0.257. The maximum atomic E-state index is 13.1. The van der Waals surface area contributed by atoms with Crippen molar-refractivity contribution in [3.05, 3.63) is 88.1 Å². The second kappa shape index (κ2) is 9.97. The molecule has 186 valence electrons. The zero-order chi connectivity index (χ0) is 25.2. The van der Waals surface area contributed by atoms with Crippen LogP contribution in [0.3, 0.4) is 0 Å². The van der Waals surface area contributed by atoms with E-state index in [4.69, 9.17) is 0 Å². The first-order chi connectivity index (χ1) is 17.4. The van der Waals surface area contributed by atoms with Gasteiger partial charge in [-0.3, -0.25) is 19.4 Å². The molecule has 0 spiro atoms. The van der Waals surface area contributed by atoms with Crippen LogP contribution in [0.2, 0.25) is 0 Å². The zero-order valence-corrected chi connectivity index (χ0v) is 20.6. The third-order valence-electron chi connectivity index (χ3n) is 7.26. The van der Waals surface area contributed by atoms with Crippen molar-refractivity contribution >= 4 is 23.2 Å². The van der Waals surface area contributed by atoms with Gasteiger partial charge in [-0.05, 0) is 62.1 Å². The fourth-order valence-corrected chi connectivity index (χ4v) is 5.25. The fraction of sp³-hybridized carbons (Fsp3) is 0.357. The van der Waals surface area contributed by atoms with Gasteiger partial charge in [-0.25, -0.2) is 0 Å². The third-order valence-corrected chi connectivity index (χ3v) is 7.26. The van der Waals surface area contributed by atoms with Gasteiger partial charge < -0.3 is 20.1 Å². The maximum Gasteiger partial charge on any atom is 0.255 e. The van der Waals surface area contributed by atoms with E-state index in [1.165, 1.54) is 0 Å². The molecule has 2 aromatic heterocycles. The number of amides is 2. The minimum Gasteiger partial charge on any atom is -0.369 e. The summed E-state index contributed by atoms with van der Waals surface area (Å²) in [7, 11) is 0. The van der Waals surface area contributed by atoms with E-state index in [1.54, 1.807) is 36.7 Å². The second-order valence-corrected chi connectivity index (χ2v) is 9.81. The van der Waals surface area contributed by atoms with Crippen LogP contribution >= 0.6 is 0 Å². The average molecular weight is 486 g/mol. The van der Waals surface area contributed by atoms with E-state index in [0.717, 1.165) is 37.3 Å². The molecule has 3 atom stereocenters. The lowest BCUT2D eigenvalue weighted by molar-refractivity contribution is 0.0938. The third kappa shape index (κ3) is 4.76. The van der Waals surface area contributed by atoms with Crippen LogP contribution in [0.5, 0.6) is 0 Å². The first-order valence-electron chi connectivity index (χ1n) is 12.5. The van der Waals surface area contributed by atoms with E-state index in [0.29, 0.717) is 29.3 Å². The number of rotatable bonds is 6. The number of aromatic nitrogens is 2. The smallest absolute Gasteiger partial charge is 0.255 e. The first kappa shape index (κ1) is 23.8. The molecular weight excluding hydrogens is 454 g/mol. The van der Waals surface area contributed by atoms with Crippen molar-refractivity contribution in [1.82, 2.24) is 14.9 Å². The summed E-state index contributed by atoms with van der Waals surface area (Å²) in [6.07, 6.45) is 5.03. The number of benzene rings is 1. The highest BCUT2D eigenvalue weighted by atomic mass is 16.2. The zero-order valence-electron chi connectivity index (χ0n) is 20.6. The molecule has 2 N–H and O–H groups in total. The molecule has 0 aliphatic carbocycles. The lowest BCUT2D eigenvalue weighted by Gasteiger charge is -2.44. The van der Waals surface area contributed by atoms with Gasteiger partial charge in [-0.2, -0.15) is 0 Å². The highest BCUT2D eigenvalue weighted by molar-refractivity contribution is 6.07. The Hall–Kier alpha value is -3.94. The first-order valence-corrected chi connectivity index (χ1v) is 12.5. The molecule has 0 saturated carbocycles. The second-order valence-electron chi connectivity index (χ2n) is 9.81. The van der Waals surface area contributed by atoms with Crippen LogP contribution in [0.4, 0.5) is 11.4 Å². The van der Waals surface area contributed by atoms with Crippen LogP contribution in [0.1, 0.15) is 59.0 Å². The summed E-state index contributed by atoms with van der Waals surface area (Å²) in [5.74, 6) is 0.128. The van der Waals surface area contributed by atoms with Gasteiger partial charge in [0.15, 0.2) is 0 Å². The molecule has 5 rings (SSSR count). The number of carbonyl (C=O) groups is 2. The lowest BCUT2D eigenvalue weighted by atomic mass is 9.83. The van der Waals surface area contributed by atoms with Crippen molar-refractivity contribution < 1.29 is 9.59 Å². The molecule has 2 aliphatic rings. The Balaban J connectivity index is 1.48. The lowest BCUT2D eigenvalue weighted by Crippen LogP contribution is -2.47. The number of fused-ring (bicyclic) bond motifs is 4. The molecular formula is C28H31N5O3. The Morgan fingerprint density at radius 1 is 1.03 bits per heavy atom. The summed E-state index contributed by atoms with van der Waals surface area (Å²) in [6.45, 7) is 6.18. The normalized spacial score (nSPS) is 19.2. The van der Waals surface area contributed by atoms with E-state index < -0.39 is 0 Å². The van der Waals surface area contributed by atoms with Gasteiger partial charge >= 0.3 is 0 Å². The topological polar surface area (TPSA) is 96.3 Å². The van der Waals surface area contributed by atoms with Gasteiger partial charge in [-0.15, -0.1) is 0 Å². The Kier molecular flexibility index (Phi) is 6.59. The van der Waals surface area contributed by atoms with Crippen LogP contribution in [0.25, 0.3) is 0 Å². The molecule has 1 fully saturated rings. The summed E-state index contributed by atoms with van der Waals surface area (Å²) in [4.78, 5) is 44.6. The van der Waals surface area contributed by atoms with Crippen LogP contribution in [-0.4, -0.2) is 40.5 Å². The van der Waals surface area contributed by atoms with Crippen molar-refractivity contribution in [1.29, 1.82) is 0 Å². The summed E-state index contributed by atoms with van der Waals surface area (Å²) < 4.78 is 1.91. The number of carbonyl (C=O) groups excluding carboxylic acids is 2. The van der Waals surface area contributed by atoms with Crippen molar-refractivity contribution in [2.75, 3.05) is 23.3 Å². The Labute approximate surface area is 210 Å². The quantitative estimate of drug-likeness (QED) is 0.556. The van der Waals surface area contributed by atoms with Crippen LogP contribution in [0, 0.1) is 5.92 Å². The Bertz CT molecular complexity index is 1340. The van der Waals surface area contributed by atoms with E-state index in [-0.39, 0.29) is 29.3 Å². The largest absolute Gasteiger partial charge is 0.369 e. The number of hydrogen-bond acceptors (Lipinski definition) is 5. The summed E-state index contributed by atoms with van der Waals surface area (Å²) in [5, 5.41) is 6.04. The van der Waals surface area contributed by atoms with Crippen LogP contribution in [-0.2, 0) is 6.54 Å². The van der Waals surface area contributed by atoms with Gasteiger partial charge in [0, 0.05) is 66.9 Å². The van der Waals surface area contributed by atoms with Crippen molar-refractivity contribution in [3.8, 4) is 0 Å². The molecule has 4 heterocycles. The van der Waals surface area contributed by atoms with Gasteiger partial charge in [0.05, 0.1) is 11.4 Å². The number of pyridine rings is 2. The van der Waals surface area contributed by atoms with Crippen LogP contribution < -0.4 is 21.1 Å². The highest BCUT2D eigenvalue weighted by Crippen LogP contribution is 2.39. The summed E-state index contributed by atoms with van der Waals surface area (Å²) in [5.41, 5.74) is 3.58. The van der Waals surface area contributed by atoms with Crippen LogP contribution in [0.15, 0.2) is 65.7 Å². The van der Waals surface area contributed by atoms with Gasteiger partial charge in [0.1, 0.15) is 0 Å². The molecule has 0 radical (unpaired) electrons.